The van der Waals surface area contributed by atoms with Gasteiger partial charge in [0, 0.05) is 31.2 Å². The topological polar surface area (TPSA) is 65.0 Å². The van der Waals surface area contributed by atoms with E-state index in [-0.39, 0.29) is 23.6 Å². The van der Waals surface area contributed by atoms with Crippen LogP contribution in [0.1, 0.15) is 35.6 Å². The number of carbonyl (C=O) groups is 1. The SMILES string of the molecule is O=C1Nc2cccc(O)c2C(c2ccccc2)N1C1CCN(Cc2cccc(OC(F)(F)F)c2)CC1. The number of alkyl halides is 3. The number of urea groups is 1. The smallest absolute Gasteiger partial charge is 0.507 e. The van der Waals surface area contributed by atoms with Crippen molar-refractivity contribution in [2.75, 3.05) is 18.4 Å². The van der Waals surface area contributed by atoms with Crippen LogP contribution in [0.25, 0.3) is 0 Å². The maximum atomic E-state index is 13.3. The van der Waals surface area contributed by atoms with Crippen molar-refractivity contribution in [2.24, 2.45) is 0 Å². The van der Waals surface area contributed by atoms with E-state index in [0.29, 0.717) is 43.7 Å². The van der Waals surface area contributed by atoms with Gasteiger partial charge in [0.05, 0.1) is 11.7 Å². The van der Waals surface area contributed by atoms with Gasteiger partial charge in [-0.15, -0.1) is 13.2 Å². The van der Waals surface area contributed by atoms with Crippen LogP contribution in [0.4, 0.5) is 23.7 Å². The number of benzene rings is 3. The summed E-state index contributed by atoms with van der Waals surface area (Å²) in [5.41, 5.74) is 2.92. The number of carbonyl (C=O) groups excluding carboxylic acids is 1. The van der Waals surface area contributed by atoms with Crippen molar-refractivity contribution in [3.8, 4) is 11.5 Å². The zero-order valence-electron chi connectivity index (χ0n) is 19.4. The summed E-state index contributed by atoms with van der Waals surface area (Å²) in [5.74, 6) is -0.103. The highest BCUT2D eigenvalue weighted by Crippen LogP contribution is 2.44. The second kappa shape index (κ2) is 9.73. The molecule has 2 heterocycles. The molecule has 2 N–H and O–H groups in total. The number of amides is 2. The molecule has 3 aromatic rings. The highest BCUT2D eigenvalue weighted by atomic mass is 19.4. The summed E-state index contributed by atoms with van der Waals surface area (Å²) >= 11 is 0. The molecule has 6 nitrogen and oxygen atoms in total. The highest BCUT2D eigenvalue weighted by Gasteiger charge is 2.40. The summed E-state index contributed by atoms with van der Waals surface area (Å²) in [6, 6.07) is 20.1. The molecule has 2 amide bonds. The van der Waals surface area contributed by atoms with Crippen LogP contribution in [0.2, 0.25) is 0 Å². The molecule has 188 valence electrons. The lowest BCUT2D eigenvalue weighted by molar-refractivity contribution is -0.274. The third-order valence-corrected chi connectivity index (χ3v) is 6.71. The van der Waals surface area contributed by atoms with E-state index in [1.165, 1.54) is 12.1 Å². The summed E-state index contributed by atoms with van der Waals surface area (Å²) in [6.45, 7) is 1.83. The zero-order chi connectivity index (χ0) is 25.3. The number of phenols is 1. The Balaban J connectivity index is 1.33. The molecule has 0 aromatic heterocycles. The standard InChI is InChI=1S/C27H26F3N3O3/c28-27(29,30)36-21-9-4-6-18(16-21)17-32-14-12-20(13-15-32)33-25(19-7-2-1-3-8-19)24-22(31-26(33)35)10-5-11-23(24)34/h1-11,16,20,25,34H,12-15,17H2,(H,31,35). The van der Waals surface area contributed by atoms with Gasteiger partial charge in [0.2, 0.25) is 0 Å². The molecular weight excluding hydrogens is 471 g/mol. The van der Waals surface area contributed by atoms with Crippen LogP contribution >= 0.6 is 0 Å². The second-order valence-corrected chi connectivity index (χ2v) is 9.09. The predicted octanol–water partition coefficient (Wildman–Crippen LogP) is 5.89. The number of anilines is 1. The van der Waals surface area contributed by atoms with Crippen molar-refractivity contribution in [3.05, 3.63) is 89.5 Å². The molecule has 1 fully saturated rings. The monoisotopic (exact) mass is 497 g/mol. The van der Waals surface area contributed by atoms with Crippen molar-refractivity contribution in [3.63, 3.8) is 0 Å². The first-order valence-corrected chi connectivity index (χ1v) is 11.8. The minimum Gasteiger partial charge on any atom is -0.507 e. The fraction of sp³-hybridized carbons (Fsp3) is 0.296. The van der Waals surface area contributed by atoms with Gasteiger partial charge in [-0.1, -0.05) is 48.5 Å². The molecule has 1 saturated heterocycles. The number of hydrogen-bond donors (Lipinski definition) is 2. The number of hydrogen-bond acceptors (Lipinski definition) is 4. The van der Waals surface area contributed by atoms with E-state index in [9.17, 15) is 23.1 Å². The summed E-state index contributed by atoms with van der Waals surface area (Å²) in [7, 11) is 0. The van der Waals surface area contributed by atoms with Gasteiger partial charge in [-0.2, -0.15) is 0 Å². The maximum absolute atomic E-state index is 13.3. The Kier molecular flexibility index (Phi) is 6.49. The van der Waals surface area contributed by atoms with Crippen LogP contribution in [0.5, 0.6) is 11.5 Å². The Morgan fingerprint density at radius 2 is 1.69 bits per heavy atom. The Bertz CT molecular complexity index is 1230. The van der Waals surface area contributed by atoms with Gasteiger partial charge in [-0.25, -0.2) is 4.79 Å². The number of likely N-dealkylation sites (tertiary alicyclic amines) is 1. The largest absolute Gasteiger partial charge is 0.573 e. The van der Waals surface area contributed by atoms with Gasteiger partial charge >= 0.3 is 12.4 Å². The molecule has 5 rings (SSSR count). The van der Waals surface area contributed by atoms with Gasteiger partial charge in [0.1, 0.15) is 11.5 Å². The number of aromatic hydroxyl groups is 1. The third kappa shape index (κ3) is 5.11. The number of nitrogens with zero attached hydrogens (tertiary/aromatic N) is 2. The molecule has 0 radical (unpaired) electrons. The molecule has 0 spiro atoms. The van der Waals surface area contributed by atoms with E-state index in [1.54, 1.807) is 30.3 Å². The Labute approximate surface area is 206 Å². The average molecular weight is 498 g/mol. The Morgan fingerprint density at radius 3 is 2.42 bits per heavy atom. The fourth-order valence-electron chi connectivity index (χ4n) is 5.18. The number of nitrogens with one attached hydrogen (secondary N) is 1. The molecule has 0 saturated carbocycles. The quantitative estimate of drug-likeness (QED) is 0.461. The lowest BCUT2D eigenvalue weighted by Gasteiger charge is -2.45. The molecule has 9 heteroatoms. The molecule has 1 atom stereocenters. The lowest BCUT2D eigenvalue weighted by atomic mass is 9.90. The van der Waals surface area contributed by atoms with Gasteiger partial charge in [0.25, 0.3) is 0 Å². The molecule has 2 aliphatic rings. The summed E-state index contributed by atoms with van der Waals surface area (Å²) in [4.78, 5) is 17.3. The summed E-state index contributed by atoms with van der Waals surface area (Å²) < 4.78 is 41.8. The van der Waals surface area contributed by atoms with Crippen molar-refractivity contribution in [1.29, 1.82) is 0 Å². The van der Waals surface area contributed by atoms with E-state index in [1.807, 2.05) is 35.2 Å². The lowest BCUT2D eigenvalue weighted by Crippen LogP contribution is -2.52. The molecule has 3 aromatic carbocycles. The van der Waals surface area contributed by atoms with Gasteiger partial charge in [-0.3, -0.25) is 4.90 Å². The van der Waals surface area contributed by atoms with Gasteiger partial charge in [0.15, 0.2) is 0 Å². The molecule has 0 bridgehead atoms. The maximum Gasteiger partial charge on any atom is 0.573 e. The van der Waals surface area contributed by atoms with Crippen molar-refractivity contribution < 1.29 is 27.8 Å². The first-order chi connectivity index (χ1) is 17.3. The number of fused-ring (bicyclic) bond motifs is 1. The molecule has 1 unspecified atom stereocenters. The molecule has 0 aliphatic carbocycles. The number of phenolic OH excluding ortho intramolecular Hbond substituents is 1. The van der Waals surface area contributed by atoms with Crippen LogP contribution in [0.3, 0.4) is 0 Å². The number of halogens is 3. The predicted molar refractivity (Wildman–Crippen MR) is 129 cm³/mol. The first-order valence-electron chi connectivity index (χ1n) is 11.8. The average Bonchev–Trinajstić information content (AvgIpc) is 2.84. The minimum atomic E-state index is -4.73. The first kappa shape index (κ1) is 24.0. The highest BCUT2D eigenvalue weighted by molar-refractivity contribution is 5.94. The van der Waals surface area contributed by atoms with Gasteiger partial charge in [-0.05, 0) is 48.2 Å². The number of rotatable bonds is 5. The Hall–Kier alpha value is -3.72. The van der Waals surface area contributed by atoms with Crippen molar-refractivity contribution >= 4 is 11.7 Å². The van der Waals surface area contributed by atoms with E-state index < -0.39 is 12.4 Å². The number of piperidine rings is 1. The van der Waals surface area contributed by atoms with E-state index in [4.69, 9.17) is 0 Å². The van der Waals surface area contributed by atoms with E-state index >= 15 is 0 Å². The number of ether oxygens (including phenoxy) is 1. The molecule has 2 aliphatic heterocycles. The molecule has 36 heavy (non-hydrogen) atoms. The summed E-state index contributed by atoms with van der Waals surface area (Å²) in [6.07, 6.45) is -3.34. The van der Waals surface area contributed by atoms with Crippen LogP contribution in [0, 0.1) is 0 Å². The molecular formula is C27H26F3N3O3. The van der Waals surface area contributed by atoms with Crippen LogP contribution in [-0.2, 0) is 6.54 Å². The van der Waals surface area contributed by atoms with Crippen LogP contribution in [-0.4, -0.2) is 46.4 Å². The van der Waals surface area contributed by atoms with Gasteiger partial charge < -0.3 is 20.1 Å². The van der Waals surface area contributed by atoms with Crippen LogP contribution in [0.15, 0.2) is 72.8 Å². The van der Waals surface area contributed by atoms with Crippen LogP contribution < -0.4 is 10.1 Å². The fourth-order valence-corrected chi connectivity index (χ4v) is 5.18. The Morgan fingerprint density at radius 1 is 0.972 bits per heavy atom. The normalized spacial score (nSPS) is 19.0. The second-order valence-electron chi connectivity index (χ2n) is 9.09. The zero-order valence-corrected chi connectivity index (χ0v) is 19.4. The third-order valence-electron chi connectivity index (χ3n) is 6.71. The minimum absolute atomic E-state index is 0.0703. The van der Waals surface area contributed by atoms with E-state index in [0.717, 1.165) is 11.1 Å². The summed E-state index contributed by atoms with van der Waals surface area (Å²) in [5, 5.41) is 13.7. The van der Waals surface area contributed by atoms with Crippen molar-refractivity contribution in [1.82, 2.24) is 9.80 Å². The van der Waals surface area contributed by atoms with E-state index in [2.05, 4.69) is 15.0 Å². The van der Waals surface area contributed by atoms with Crippen molar-refractivity contribution in [2.45, 2.75) is 37.8 Å².